The number of likely N-dealkylation sites (N-methyl/N-ethyl adjacent to an activating group) is 1. The van der Waals surface area contributed by atoms with Crippen molar-refractivity contribution in [2.24, 2.45) is 0 Å². The lowest BCUT2D eigenvalue weighted by molar-refractivity contribution is 0.313. The van der Waals surface area contributed by atoms with Crippen molar-refractivity contribution in [3.05, 3.63) is 66.1 Å². The molecule has 1 fully saturated rings. The normalized spacial score (nSPS) is 14.2. The minimum atomic E-state index is -0.548. The maximum absolute atomic E-state index is 13.5. The Hall–Kier alpha value is -3.70. The van der Waals surface area contributed by atoms with Crippen molar-refractivity contribution < 1.29 is 4.39 Å². The van der Waals surface area contributed by atoms with Crippen LogP contribution < -0.4 is 15.5 Å². The number of nitrogens with one attached hydrogen (secondary N) is 2. The highest BCUT2D eigenvalue weighted by atomic mass is 19.1. The van der Waals surface area contributed by atoms with Crippen molar-refractivity contribution in [1.29, 1.82) is 5.26 Å². The highest BCUT2D eigenvalue weighted by Gasteiger charge is 2.14. The van der Waals surface area contributed by atoms with Gasteiger partial charge in [-0.05, 0) is 55.6 Å². The van der Waals surface area contributed by atoms with E-state index >= 15 is 0 Å². The summed E-state index contributed by atoms with van der Waals surface area (Å²) >= 11 is 0. The zero-order valence-corrected chi connectivity index (χ0v) is 16.6. The highest BCUT2D eigenvalue weighted by Crippen LogP contribution is 2.22. The van der Waals surface area contributed by atoms with Crippen LogP contribution in [0.4, 0.5) is 33.2 Å². The van der Waals surface area contributed by atoms with E-state index in [2.05, 4.69) is 49.6 Å². The SMILES string of the molecule is CN1CCN(c2ccc(Nc3nccc(Nc4ccc(F)c(C#N)c4)n3)cc2)CC1. The summed E-state index contributed by atoms with van der Waals surface area (Å²) < 4.78 is 13.5. The largest absolute Gasteiger partial charge is 0.369 e. The van der Waals surface area contributed by atoms with Crippen LogP contribution in [-0.4, -0.2) is 48.1 Å². The summed E-state index contributed by atoms with van der Waals surface area (Å²) in [4.78, 5) is 13.4. The van der Waals surface area contributed by atoms with Crippen LogP contribution in [0.1, 0.15) is 5.56 Å². The first-order valence-corrected chi connectivity index (χ1v) is 9.71. The zero-order chi connectivity index (χ0) is 20.9. The van der Waals surface area contributed by atoms with Crippen LogP contribution in [0.2, 0.25) is 0 Å². The molecule has 2 N–H and O–H groups in total. The third-order valence-electron chi connectivity index (χ3n) is 5.01. The first kappa shape index (κ1) is 19.6. The van der Waals surface area contributed by atoms with Crippen LogP contribution in [0.25, 0.3) is 0 Å². The van der Waals surface area contributed by atoms with Gasteiger partial charge in [0, 0.05) is 49.4 Å². The Morgan fingerprint density at radius 3 is 2.43 bits per heavy atom. The molecule has 0 saturated carbocycles. The van der Waals surface area contributed by atoms with Crippen molar-refractivity contribution in [1.82, 2.24) is 14.9 Å². The molecule has 0 radical (unpaired) electrons. The molecule has 152 valence electrons. The molecule has 0 atom stereocenters. The molecule has 0 aliphatic carbocycles. The number of rotatable bonds is 5. The molecule has 1 aliphatic rings. The first-order chi connectivity index (χ1) is 14.6. The Morgan fingerprint density at radius 1 is 0.967 bits per heavy atom. The van der Waals surface area contributed by atoms with Crippen molar-refractivity contribution in [3.63, 3.8) is 0 Å². The highest BCUT2D eigenvalue weighted by molar-refractivity contribution is 5.62. The van der Waals surface area contributed by atoms with Gasteiger partial charge >= 0.3 is 0 Å². The molecule has 7 nitrogen and oxygen atoms in total. The van der Waals surface area contributed by atoms with Gasteiger partial charge in [0.1, 0.15) is 17.7 Å². The Kier molecular flexibility index (Phi) is 5.72. The van der Waals surface area contributed by atoms with Crippen LogP contribution in [0.3, 0.4) is 0 Å². The number of piperazine rings is 1. The number of hydrogen-bond acceptors (Lipinski definition) is 7. The third kappa shape index (κ3) is 4.64. The minimum Gasteiger partial charge on any atom is -0.369 e. The van der Waals surface area contributed by atoms with Crippen LogP contribution in [0.5, 0.6) is 0 Å². The number of nitrogens with zero attached hydrogens (tertiary/aromatic N) is 5. The third-order valence-corrected chi connectivity index (χ3v) is 5.01. The first-order valence-electron chi connectivity index (χ1n) is 9.71. The monoisotopic (exact) mass is 403 g/mol. The molecule has 0 spiro atoms. The number of halogens is 1. The summed E-state index contributed by atoms with van der Waals surface area (Å²) in [5.74, 6) is 0.431. The summed E-state index contributed by atoms with van der Waals surface area (Å²) in [6, 6.07) is 16.0. The average molecular weight is 403 g/mol. The van der Waals surface area contributed by atoms with Crippen LogP contribution >= 0.6 is 0 Å². The number of hydrogen-bond donors (Lipinski definition) is 2. The molecule has 3 aromatic rings. The van der Waals surface area contributed by atoms with E-state index < -0.39 is 5.82 Å². The molecule has 8 heteroatoms. The number of anilines is 5. The smallest absolute Gasteiger partial charge is 0.229 e. The average Bonchev–Trinajstić information content (AvgIpc) is 2.76. The van der Waals surface area contributed by atoms with Gasteiger partial charge in [0.15, 0.2) is 0 Å². The van der Waals surface area contributed by atoms with Gasteiger partial charge < -0.3 is 20.4 Å². The van der Waals surface area contributed by atoms with Crippen molar-refractivity contribution >= 4 is 28.8 Å². The predicted octanol–water partition coefficient (Wildman–Crippen LogP) is 3.73. The van der Waals surface area contributed by atoms with E-state index in [9.17, 15) is 4.39 Å². The lowest BCUT2D eigenvalue weighted by atomic mass is 10.2. The second kappa shape index (κ2) is 8.76. The van der Waals surface area contributed by atoms with Gasteiger partial charge in [0.05, 0.1) is 5.56 Å². The maximum atomic E-state index is 13.5. The maximum Gasteiger partial charge on any atom is 0.229 e. The molecule has 0 amide bonds. The number of nitriles is 1. The molecule has 2 aromatic carbocycles. The van der Waals surface area contributed by atoms with Gasteiger partial charge in [0.2, 0.25) is 5.95 Å². The molecule has 30 heavy (non-hydrogen) atoms. The molecular formula is C22H22FN7. The van der Waals surface area contributed by atoms with Crippen LogP contribution in [0.15, 0.2) is 54.7 Å². The van der Waals surface area contributed by atoms with Crippen LogP contribution in [-0.2, 0) is 0 Å². The summed E-state index contributed by atoms with van der Waals surface area (Å²) in [7, 11) is 2.14. The Morgan fingerprint density at radius 2 is 1.70 bits per heavy atom. The van der Waals surface area contributed by atoms with Crippen molar-refractivity contribution in [2.75, 3.05) is 48.8 Å². The second-order valence-electron chi connectivity index (χ2n) is 7.16. The van der Waals surface area contributed by atoms with E-state index in [1.54, 1.807) is 18.3 Å². The second-order valence-corrected chi connectivity index (χ2v) is 7.16. The number of aromatic nitrogens is 2. The van der Waals surface area contributed by atoms with Gasteiger partial charge in [-0.2, -0.15) is 10.2 Å². The van der Waals surface area contributed by atoms with E-state index in [1.807, 2.05) is 18.2 Å². The van der Waals surface area contributed by atoms with E-state index in [4.69, 9.17) is 5.26 Å². The summed E-state index contributed by atoms with van der Waals surface area (Å²) in [5, 5.41) is 15.2. The Labute approximate surface area is 174 Å². The topological polar surface area (TPSA) is 80.1 Å². The predicted molar refractivity (Wildman–Crippen MR) is 116 cm³/mol. The lowest BCUT2D eigenvalue weighted by Crippen LogP contribution is -2.44. The molecule has 1 aromatic heterocycles. The Bertz CT molecular complexity index is 1050. The fourth-order valence-corrected chi connectivity index (χ4v) is 3.27. The summed E-state index contributed by atoms with van der Waals surface area (Å²) in [5.41, 5.74) is 2.65. The molecule has 1 saturated heterocycles. The van der Waals surface area contributed by atoms with Crippen molar-refractivity contribution in [2.45, 2.75) is 0 Å². The van der Waals surface area contributed by atoms with Crippen LogP contribution in [0, 0.1) is 17.1 Å². The fourth-order valence-electron chi connectivity index (χ4n) is 3.27. The molecule has 2 heterocycles. The lowest BCUT2D eigenvalue weighted by Gasteiger charge is -2.34. The van der Waals surface area contributed by atoms with Gasteiger partial charge in [-0.3, -0.25) is 0 Å². The van der Waals surface area contributed by atoms with Crippen molar-refractivity contribution in [3.8, 4) is 6.07 Å². The fraction of sp³-hybridized carbons (Fsp3) is 0.227. The van der Waals surface area contributed by atoms with Gasteiger partial charge in [0.25, 0.3) is 0 Å². The molecule has 1 aliphatic heterocycles. The minimum absolute atomic E-state index is 0.0205. The van der Waals surface area contributed by atoms with Gasteiger partial charge in [-0.15, -0.1) is 0 Å². The Balaban J connectivity index is 1.42. The molecule has 4 rings (SSSR count). The quantitative estimate of drug-likeness (QED) is 0.672. The van der Waals surface area contributed by atoms with E-state index in [-0.39, 0.29) is 5.56 Å². The standard InChI is InChI=1S/C22H22FN7/c1-29-10-12-30(13-11-29)19-5-2-17(3-6-19)27-22-25-9-8-21(28-22)26-18-4-7-20(23)16(14-18)15-24/h2-9,14H,10-13H2,1H3,(H2,25,26,27,28). The molecular weight excluding hydrogens is 381 g/mol. The van der Waals surface area contributed by atoms with Gasteiger partial charge in [-0.1, -0.05) is 0 Å². The summed E-state index contributed by atoms with van der Waals surface area (Å²) in [6.45, 7) is 4.18. The summed E-state index contributed by atoms with van der Waals surface area (Å²) in [6.07, 6.45) is 1.63. The van der Waals surface area contributed by atoms with E-state index in [0.29, 0.717) is 17.5 Å². The van der Waals surface area contributed by atoms with Gasteiger partial charge in [-0.25, -0.2) is 9.37 Å². The zero-order valence-electron chi connectivity index (χ0n) is 16.6. The molecule has 0 bridgehead atoms. The number of benzene rings is 2. The molecule has 0 unspecified atom stereocenters. The van der Waals surface area contributed by atoms with E-state index in [0.717, 1.165) is 31.9 Å². The van der Waals surface area contributed by atoms with E-state index in [1.165, 1.54) is 17.8 Å².